The van der Waals surface area contributed by atoms with E-state index < -0.39 is 5.60 Å². The van der Waals surface area contributed by atoms with Gasteiger partial charge >= 0.3 is 0 Å². The van der Waals surface area contributed by atoms with Crippen LogP contribution in [0.25, 0.3) is 0 Å². The van der Waals surface area contributed by atoms with E-state index in [1.807, 2.05) is 13.8 Å². The average Bonchev–Trinajstić information content (AvgIpc) is 3.09. The molecule has 1 saturated heterocycles. The third-order valence-electron chi connectivity index (χ3n) is 4.20. The molecule has 1 N–H and O–H groups in total. The first kappa shape index (κ1) is 16.9. The zero-order valence-corrected chi connectivity index (χ0v) is 14.7. The minimum Gasteiger partial charge on any atom is -0.367 e. The summed E-state index contributed by atoms with van der Waals surface area (Å²) in [5.41, 5.74) is 1.18. The van der Waals surface area contributed by atoms with E-state index in [2.05, 4.69) is 24.9 Å². The summed E-state index contributed by atoms with van der Waals surface area (Å²) in [5, 5.41) is 6.82. The molecule has 0 radical (unpaired) electrons. The molecule has 3 heterocycles. The number of ether oxygens (including phenoxy) is 1. The fraction of sp³-hybridized carbons (Fsp3) is 0.562. The predicted molar refractivity (Wildman–Crippen MR) is 89.6 cm³/mol. The van der Waals surface area contributed by atoms with Crippen molar-refractivity contribution in [2.45, 2.75) is 51.7 Å². The van der Waals surface area contributed by atoms with Crippen LogP contribution in [0.3, 0.4) is 0 Å². The maximum atomic E-state index is 12.2. The number of hydrogen-bond donors (Lipinski definition) is 1. The molecular weight excluding hydrogens is 326 g/mol. The number of nitrogens with zero attached hydrogens (tertiary/aromatic N) is 4. The summed E-state index contributed by atoms with van der Waals surface area (Å²) in [6.07, 6.45) is 7.33. The van der Waals surface area contributed by atoms with Gasteiger partial charge in [0, 0.05) is 31.1 Å². The molecule has 1 amide bonds. The highest BCUT2D eigenvalue weighted by molar-refractivity contribution is 7.08. The molecule has 2 aromatic heterocycles. The molecule has 1 aliphatic rings. The van der Waals surface area contributed by atoms with Gasteiger partial charge in [-0.2, -0.15) is 0 Å². The first-order valence-corrected chi connectivity index (χ1v) is 8.94. The van der Waals surface area contributed by atoms with Crippen LogP contribution in [0.15, 0.2) is 12.4 Å². The van der Waals surface area contributed by atoms with Crippen molar-refractivity contribution >= 4 is 17.4 Å². The molecule has 1 aliphatic heterocycles. The Morgan fingerprint density at radius 2 is 2.17 bits per heavy atom. The number of carbonyl (C=O) groups is 1. The van der Waals surface area contributed by atoms with Gasteiger partial charge in [0.1, 0.15) is 10.5 Å². The van der Waals surface area contributed by atoms with E-state index in [4.69, 9.17) is 4.74 Å². The molecule has 7 nitrogen and oxygen atoms in total. The van der Waals surface area contributed by atoms with E-state index in [0.717, 1.165) is 48.7 Å². The smallest absolute Gasteiger partial charge is 0.265 e. The second-order valence-electron chi connectivity index (χ2n) is 6.04. The molecule has 0 saturated carbocycles. The topological polar surface area (TPSA) is 89.9 Å². The third kappa shape index (κ3) is 3.59. The first-order chi connectivity index (χ1) is 11.6. The minimum atomic E-state index is -0.398. The van der Waals surface area contributed by atoms with Gasteiger partial charge in [-0.15, -0.1) is 5.10 Å². The zero-order chi connectivity index (χ0) is 17.0. The van der Waals surface area contributed by atoms with E-state index in [1.165, 1.54) is 0 Å². The lowest BCUT2D eigenvalue weighted by Crippen LogP contribution is -2.32. The number of carbonyl (C=O) groups excluding carboxylic acids is 1. The number of amides is 1. The highest BCUT2D eigenvalue weighted by Crippen LogP contribution is 2.32. The standard InChI is InChI=1S/C16H21N5O2S/c1-3-12-13(24-21-20-12)14(22)17-8-11-9-18-15(19-10-11)16(2)6-4-5-7-23-16/h9-10H,3-8H2,1-2H3,(H,17,22). The van der Waals surface area contributed by atoms with Crippen LogP contribution >= 0.6 is 11.5 Å². The average molecular weight is 347 g/mol. The predicted octanol–water partition coefficient (Wildman–Crippen LogP) is 2.24. The number of nitrogens with one attached hydrogen (secondary N) is 1. The van der Waals surface area contributed by atoms with Crippen molar-refractivity contribution in [3.63, 3.8) is 0 Å². The lowest BCUT2D eigenvalue weighted by Gasteiger charge is -2.32. The summed E-state index contributed by atoms with van der Waals surface area (Å²) >= 11 is 1.12. The summed E-state index contributed by atoms with van der Waals surface area (Å²) in [6.45, 7) is 5.11. The van der Waals surface area contributed by atoms with E-state index in [1.54, 1.807) is 12.4 Å². The van der Waals surface area contributed by atoms with Crippen LogP contribution in [0.5, 0.6) is 0 Å². The number of hydrogen-bond acceptors (Lipinski definition) is 7. The van der Waals surface area contributed by atoms with E-state index in [0.29, 0.717) is 23.7 Å². The highest BCUT2D eigenvalue weighted by Gasteiger charge is 2.32. The van der Waals surface area contributed by atoms with Gasteiger partial charge in [0.15, 0.2) is 5.82 Å². The number of aryl methyl sites for hydroxylation is 1. The lowest BCUT2D eigenvalue weighted by atomic mass is 9.95. The Morgan fingerprint density at radius 3 is 2.83 bits per heavy atom. The highest BCUT2D eigenvalue weighted by atomic mass is 32.1. The molecule has 24 heavy (non-hydrogen) atoms. The quantitative estimate of drug-likeness (QED) is 0.892. The maximum Gasteiger partial charge on any atom is 0.265 e. The molecule has 3 rings (SSSR count). The van der Waals surface area contributed by atoms with Gasteiger partial charge in [0.25, 0.3) is 5.91 Å². The van der Waals surface area contributed by atoms with Crippen LogP contribution in [-0.4, -0.2) is 32.1 Å². The molecule has 2 aromatic rings. The van der Waals surface area contributed by atoms with E-state index in [9.17, 15) is 4.79 Å². The Hall–Kier alpha value is -1.93. The normalized spacial score (nSPS) is 20.8. The lowest BCUT2D eigenvalue weighted by molar-refractivity contribution is -0.0760. The molecular formula is C16H21N5O2S. The molecule has 1 atom stereocenters. The van der Waals surface area contributed by atoms with Crippen molar-refractivity contribution in [2.24, 2.45) is 0 Å². The maximum absolute atomic E-state index is 12.2. The van der Waals surface area contributed by atoms with Crippen molar-refractivity contribution < 1.29 is 9.53 Å². The SMILES string of the molecule is CCc1nnsc1C(=O)NCc1cnc(C2(C)CCCCO2)nc1. The first-order valence-electron chi connectivity index (χ1n) is 8.17. The van der Waals surface area contributed by atoms with Crippen molar-refractivity contribution in [3.8, 4) is 0 Å². The Balaban J connectivity index is 1.61. The van der Waals surface area contributed by atoms with Crippen LogP contribution < -0.4 is 5.32 Å². The number of aromatic nitrogens is 4. The zero-order valence-electron chi connectivity index (χ0n) is 13.9. The summed E-state index contributed by atoms with van der Waals surface area (Å²) in [7, 11) is 0. The van der Waals surface area contributed by atoms with Gasteiger partial charge in [-0.25, -0.2) is 9.97 Å². The Labute approximate surface area is 145 Å². The van der Waals surface area contributed by atoms with Gasteiger partial charge in [0.05, 0.1) is 5.69 Å². The molecule has 0 spiro atoms. The van der Waals surface area contributed by atoms with Gasteiger partial charge in [-0.3, -0.25) is 4.79 Å². The summed E-state index contributed by atoms with van der Waals surface area (Å²) in [5.74, 6) is 0.547. The van der Waals surface area contributed by atoms with Gasteiger partial charge in [-0.05, 0) is 44.1 Å². The molecule has 1 unspecified atom stereocenters. The molecule has 128 valence electrons. The third-order valence-corrected chi connectivity index (χ3v) is 4.96. The fourth-order valence-electron chi connectivity index (χ4n) is 2.70. The molecule has 1 fully saturated rings. The summed E-state index contributed by atoms with van der Waals surface area (Å²) in [6, 6.07) is 0. The van der Waals surface area contributed by atoms with Crippen molar-refractivity contribution in [3.05, 3.63) is 34.4 Å². The van der Waals surface area contributed by atoms with Crippen LogP contribution in [-0.2, 0) is 23.3 Å². The van der Waals surface area contributed by atoms with Gasteiger partial charge in [-0.1, -0.05) is 11.4 Å². The Bertz CT molecular complexity index is 695. The van der Waals surface area contributed by atoms with Gasteiger partial charge < -0.3 is 10.1 Å². The number of rotatable bonds is 5. The minimum absolute atomic E-state index is 0.159. The molecule has 8 heteroatoms. The summed E-state index contributed by atoms with van der Waals surface area (Å²) in [4.78, 5) is 21.6. The fourth-order valence-corrected chi connectivity index (χ4v) is 3.37. The molecule has 0 bridgehead atoms. The molecule has 0 aliphatic carbocycles. The van der Waals surface area contributed by atoms with Crippen LogP contribution in [0.4, 0.5) is 0 Å². The van der Waals surface area contributed by atoms with Crippen molar-refractivity contribution in [1.29, 1.82) is 0 Å². The second kappa shape index (κ2) is 7.31. The van der Waals surface area contributed by atoms with Crippen molar-refractivity contribution in [2.75, 3.05) is 6.61 Å². The summed E-state index contributed by atoms with van der Waals surface area (Å²) < 4.78 is 9.69. The van der Waals surface area contributed by atoms with Gasteiger partial charge in [0.2, 0.25) is 0 Å². The Kier molecular flexibility index (Phi) is 5.15. The van der Waals surface area contributed by atoms with Crippen LogP contribution in [0.1, 0.15) is 59.9 Å². The molecule has 0 aromatic carbocycles. The van der Waals surface area contributed by atoms with Crippen LogP contribution in [0.2, 0.25) is 0 Å². The van der Waals surface area contributed by atoms with E-state index >= 15 is 0 Å². The van der Waals surface area contributed by atoms with E-state index in [-0.39, 0.29) is 5.91 Å². The largest absolute Gasteiger partial charge is 0.367 e. The van der Waals surface area contributed by atoms with Crippen LogP contribution in [0, 0.1) is 0 Å². The van der Waals surface area contributed by atoms with Crippen molar-refractivity contribution in [1.82, 2.24) is 24.9 Å². The second-order valence-corrected chi connectivity index (χ2v) is 6.79. The Morgan fingerprint density at radius 1 is 1.38 bits per heavy atom. The monoisotopic (exact) mass is 347 g/mol.